The second kappa shape index (κ2) is 7.73. The van der Waals surface area contributed by atoms with Crippen molar-refractivity contribution in [2.75, 3.05) is 0 Å². The van der Waals surface area contributed by atoms with E-state index in [9.17, 15) is 0 Å². The molecule has 0 nitrogen and oxygen atoms in total. The van der Waals surface area contributed by atoms with Crippen LogP contribution < -0.4 is 0 Å². The summed E-state index contributed by atoms with van der Waals surface area (Å²) in [5.41, 5.74) is 6.72. The van der Waals surface area contributed by atoms with Gasteiger partial charge in [0, 0.05) is 0 Å². The Morgan fingerprint density at radius 2 is 1.62 bits per heavy atom. The Bertz CT molecular complexity index is 957. The molecule has 34 heavy (non-hydrogen) atoms. The highest BCUT2D eigenvalue weighted by molar-refractivity contribution is 5.45. The quantitative estimate of drug-likeness (QED) is 0.386. The van der Waals surface area contributed by atoms with E-state index in [0.29, 0.717) is 16.2 Å². The second-order valence-electron chi connectivity index (χ2n) is 14.9. The highest BCUT2D eigenvalue weighted by Gasteiger charge is 2.64. The molecular weight excluding hydrogens is 408 g/mol. The van der Waals surface area contributed by atoms with Crippen LogP contribution in [0.4, 0.5) is 0 Å². The van der Waals surface area contributed by atoms with Gasteiger partial charge in [-0.2, -0.15) is 0 Å². The first-order valence-corrected chi connectivity index (χ1v) is 14.9. The van der Waals surface area contributed by atoms with E-state index in [0.717, 1.165) is 36.0 Å². The summed E-state index contributed by atoms with van der Waals surface area (Å²) in [6.07, 6.45) is 26.8. The summed E-state index contributed by atoms with van der Waals surface area (Å²) in [6.45, 7) is 17.4. The fourth-order valence-corrected chi connectivity index (χ4v) is 11.8. The highest BCUT2D eigenvalue weighted by atomic mass is 14.7. The average molecular weight is 459 g/mol. The number of rotatable bonds is 2. The van der Waals surface area contributed by atoms with Crippen LogP contribution in [0.25, 0.3) is 0 Å². The van der Waals surface area contributed by atoms with E-state index in [1.54, 1.807) is 11.1 Å². The van der Waals surface area contributed by atoms with Gasteiger partial charge in [-0.1, -0.05) is 71.9 Å². The zero-order valence-corrected chi connectivity index (χ0v) is 22.9. The molecule has 8 unspecified atom stereocenters. The molecule has 0 aromatic carbocycles. The Kier molecular flexibility index (Phi) is 5.31. The molecule has 0 bridgehead atoms. The largest absolute Gasteiger partial charge is 0.0988 e. The van der Waals surface area contributed by atoms with Crippen LogP contribution >= 0.6 is 0 Å². The molecule has 0 N–H and O–H groups in total. The van der Waals surface area contributed by atoms with Crippen molar-refractivity contribution in [1.82, 2.24) is 0 Å². The van der Waals surface area contributed by atoms with Crippen molar-refractivity contribution in [2.24, 2.45) is 51.2 Å². The van der Waals surface area contributed by atoms with E-state index in [-0.39, 0.29) is 5.41 Å². The standard InChI is InChI=1S/C34H50/c1-7-23-10-12-24(13-11-23)26-17-21-34(6)29(31(26,2)3)18-22-33(5)28-16-20-32(4)19-8-9-27(32)25(28)14-15-30(33)34/h7,10,12,17,25,27-30H,1,8-9,11,13-16,18-22H2,2-6H3. The molecule has 0 radical (unpaired) electrons. The van der Waals surface area contributed by atoms with Crippen LogP contribution in [0.2, 0.25) is 0 Å². The average Bonchev–Trinajstić information content (AvgIpc) is 3.20. The van der Waals surface area contributed by atoms with E-state index in [1.807, 2.05) is 6.08 Å². The normalized spacial score (nSPS) is 49.4. The maximum absolute atomic E-state index is 4.00. The van der Waals surface area contributed by atoms with Gasteiger partial charge >= 0.3 is 0 Å². The van der Waals surface area contributed by atoms with Gasteiger partial charge in [0.1, 0.15) is 0 Å². The van der Waals surface area contributed by atoms with E-state index in [2.05, 4.69) is 59.4 Å². The van der Waals surface area contributed by atoms with Gasteiger partial charge in [-0.15, -0.1) is 0 Å². The number of fused-ring (bicyclic) bond motifs is 7. The molecule has 0 aromatic heterocycles. The van der Waals surface area contributed by atoms with Crippen molar-refractivity contribution < 1.29 is 0 Å². The van der Waals surface area contributed by atoms with Gasteiger partial charge in [-0.3, -0.25) is 0 Å². The van der Waals surface area contributed by atoms with E-state index in [4.69, 9.17) is 0 Å². The number of hydrogen-bond donors (Lipinski definition) is 0. The molecule has 0 heteroatoms. The molecule has 0 aliphatic heterocycles. The lowest BCUT2D eigenvalue weighted by Gasteiger charge is -2.68. The molecule has 186 valence electrons. The summed E-state index contributed by atoms with van der Waals surface area (Å²) in [6, 6.07) is 0. The van der Waals surface area contributed by atoms with Crippen LogP contribution in [0.1, 0.15) is 112 Å². The summed E-state index contributed by atoms with van der Waals surface area (Å²) >= 11 is 0. The predicted octanol–water partition coefficient (Wildman–Crippen LogP) is 9.84. The first-order chi connectivity index (χ1) is 16.1. The van der Waals surface area contributed by atoms with E-state index in [1.165, 1.54) is 76.2 Å². The zero-order valence-electron chi connectivity index (χ0n) is 22.9. The minimum absolute atomic E-state index is 0.285. The van der Waals surface area contributed by atoms with Gasteiger partial charge in [0.05, 0.1) is 0 Å². The molecule has 0 heterocycles. The smallest absolute Gasteiger partial charge is 0.00703 e. The third-order valence-electron chi connectivity index (χ3n) is 13.3. The Hall–Kier alpha value is -1.04. The highest BCUT2D eigenvalue weighted by Crippen LogP contribution is 2.73. The van der Waals surface area contributed by atoms with Crippen molar-refractivity contribution in [3.8, 4) is 0 Å². The summed E-state index contributed by atoms with van der Waals surface area (Å²) < 4.78 is 0. The summed E-state index contributed by atoms with van der Waals surface area (Å²) in [5, 5.41) is 0. The maximum Gasteiger partial charge on any atom is -0.00703 e. The maximum atomic E-state index is 4.00. The molecule has 0 spiro atoms. The van der Waals surface area contributed by atoms with Crippen LogP contribution in [0.15, 0.2) is 47.6 Å². The fourth-order valence-electron chi connectivity index (χ4n) is 11.8. The number of hydrogen-bond acceptors (Lipinski definition) is 0. The van der Waals surface area contributed by atoms with Crippen molar-refractivity contribution in [1.29, 1.82) is 0 Å². The molecular formula is C34H50. The van der Waals surface area contributed by atoms with Crippen molar-refractivity contribution in [3.05, 3.63) is 47.6 Å². The minimum Gasteiger partial charge on any atom is -0.0988 e. The molecule has 4 saturated carbocycles. The SMILES string of the molecule is C=CC1=CC=C(C2=CCC3(C)C(CCC4(C)C5CCC6(C)CCCC6C5CCC43)C2(C)C)CC1. The van der Waals surface area contributed by atoms with Gasteiger partial charge in [0.25, 0.3) is 0 Å². The lowest BCUT2D eigenvalue weighted by Crippen LogP contribution is -2.61. The minimum atomic E-state index is 0.285. The van der Waals surface area contributed by atoms with E-state index >= 15 is 0 Å². The first-order valence-electron chi connectivity index (χ1n) is 14.9. The van der Waals surface area contributed by atoms with Crippen LogP contribution in [0.3, 0.4) is 0 Å². The van der Waals surface area contributed by atoms with Crippen LogP contribution in [-0.4, -0.2) is 0 Å². The molecule has 6 rings (SSSR count). The summed E-state index contributed by atoms with van der Waals surface area (Å²) in [7, 11) is 0. The fraction of sp³-hybridized carbons (Fsp3) is 0.765. The topological polar surface area (TPSA) is 0 Å². The molecule has 0 amide bonds. The van der Waals surface area contributed by atoms with Crippen molar-refractivity contribution in [2.45, 2.75) is 112 Å². The van der Waals surface area contributed by atoms with Crippen molar-refractivity contribution in [3.63, 3.8) is 0 Å². The van der Waals surface area contributed by atoms with Crippen LogP contribution in [0, 0.1) is 51.2 Å². The van der Waals surface area contributed by atoms with Crippen LogP contribution in [-0.2, 0) is 0 Å². The van der Waals surface area contributed by atoms with Gasteiger partial charge in [0.15, 0.2) is 0 Å². The first kappa shape index (κ1) is 23.4. The third kappa shape index (κ3) is 3.08. The molecule has 0 saturated heterocycles. The molecule has 0 aromatic rings. The van der Waals surface area contributed by atoms with Gasteiger partial charge < -0.3 is 0 Å². The molecule has 6 aliphatic rings. The third-order valence-corrected chi connectivity index (χ3v) is 13.3. The van der Waals surface area contributed by atoms with Crippen LogP contribution in [0.5, 0.6) is 0 Å². The monoisotopic (exact) mass is 458 g/mol. The predicted molar refractivity (Wildman–Crippen MR) is 145 cm³/mol. The van der Waals surface area contributed by atoms with Gasteiger partial charge in [-0.05, 0) is 139 Å². The van der Waals surface area contributed by atoms with Gasteiger partial charge in [-0.25, -0.2) is 0 Å². The Morgan fingerprint density at radius 3 is 2.35 bits per heavy atom. The number of allylic oxidation sites excluding steroid dienone is 7. The molecule has 4 fully saturated rings. The Balaban J connectivity index is 1.32. The van der Waals surface area contributed by atoms with Crippen molar-refractivity contribution >= 4 is 0 Å². The Morgan fingerprint density at radius 1 is 0.794 bits per heavy atom. The lowest BCUT2D eigenvalue weighted by atomic mass is 9.36. The second-order valence-corrected chi connectivity index (χ2v) is 14.9. The summed E-state index contributed by atoms with van der Waals surface area (Å²) in [5.74, 6) is 4.80. The molecule has 8 atom stereocenters. The summed E-state index contributed by atoms with van der Waals surface area (Å²) in [4.78, 5) is 0. The van der Waals surface area contributed by atoms with E-state index < -0.39 is 0 Å². The lowest BCUT2D eigenvalue weighted by molar-refractivity contribution is -0.179. The molecule has 6 aliphatic carbocycles. The van der Waals surface area contributed by atoms with Gasteiger partial charge in [0.2, 0.25) is 0 Å². The Labute approximate surface area is 210 Å². The zero-order chi connectivity index (χ0) is 23.9.